The largest absolute Gasteiger partial charge is 0.380 e. The van der Waals surface area contributed by atoms with Crippen molar-refractivity contribution in [2.45, 2.75) is 25.2 Å². The fourth-order valence-electron chi connectivity index (χ4n) is 1.44. The molecule has 1 amide bonds. The van der Waals surface area contributed by atoms with Gasteiger partial charge in [0.15, 0.2) is 0 Å². The second kappa shape index (κ2) is 8.61. The molecule has 1 aromatic carbocycles. The summed E-state index contributed by atoms with van der Waals surface area (Å²) in [6.45, 7) is 6.11. The van der Waals surface area contributed by atoms with E-state index in [4.69, 9.17) is 4.74 Å². The van der Waals surface area contributed by atoms with Crippen LogP contribution in [0.4, 0.5) is 0 Å². The predicted molar refractivity (Wildman–Crippen MR) is 84.0 cm³/mol. The number of benzene rings is 1. The molecule has 0 aromatic heterocycles. The molecule has 1 N–H and O–H groups in total. The van der Waals surface area contributed by atoms with Crippen molar-refractivity contribution in [2.24, 2.45) is 5.92 Å². The number of nitrogens with one attached hydrogen (secondary N) is 1. The number of amides is 1. The van der Waals surface area contributed by atoms with Gasteiger partial charge in [0.1, 0.15) is 0 Å². The zero-order chi connectivity index (χ0) is 14.3. The summed E-state index contributed by atoms with van der Waals surface area (Å²) in [6.07, 6.45) is 1.04. The molecule has 106 valence electrons. The van der Waals surface area contributed by atoms with Gasteiger partial charge in [-0.1, -0.05) is 13.8 Å². The topological polar surface area (TPSA) is 38.3 Å². The van der Waals surface area contributed by atoms with Gasteiger partial charge >= 0.3 is 0 Å². The van der Waals surface area contributed by atoms with E-state index in [1.54, 1.807) is 6.07 Å². The van der Waals surface area contributed by atoms with E-state index in [0.717, 1.165) is 22.4 Å². The summed E-state index contributed by atoms with van der Waals surface area (Å²) in [5, 5.41) is 2.83. The Kier molecular flexibility index (Phi) is 7.49. The van der Waals surface area contributed by atoms with Gasteiger partial charge in [-0.3, -0.25) is 4.79 Å². The van der Waals surface area contributed by atoms with Crippen LogP contribution in [-0.2, 0) is 4.74 Å². The first-order valence-electron chi connectivity index (χ1n) is 6.35. The molecule has 19 heavy (non-hydrogen) atoms. The highest BCUT2D eigenvalue weighted by atomic mass is 79.9. The van der Waals surface area contributed by atoms with Crippen LogP contribution in [0.3, 0.4) is 0 Å². The van der Waals surface area contributed by atoms with Gasteiger partial charge in [0.05, 0.1) is 12.2 Å². The summed E-state index contributed by atoms with van der Waals surface area (Å²) >= 11 is 7.58. The molecule has 0 radical (unpaired) electrons. The van der Waals surface area contributed by atoms with Crippen molar-refractivity contribution < 1.29 is 9.53 Å². The lowest BCUT2D eigenvalue weighted by molar-refractivity contribution is 0.0905. The molecule has 0 unspecified atom stereocenters. The van der Waals surface area contributed by atoms with E-state index in [2.05, 4.69) is 47.7 Å². The molecule has 3 nitrogen and oxygen atoms in total. The molecule has 0 saturated carbocycles. The summed E-state index contributed by atoms with van der Waals surface area (Å²) in [7, 11) is 0. The van der Waals surface area contributed by atoms with Gasteiger partial charge in [0, 0.05) is 22.5 Å². The quantitative estimate of drug-likeness (QED) is 0.586. The number of rotatable bonds is 7. The van der Waals surface area contributed by atoms with E-state index in [0.29, 0.717) is 24.6 Å². The molecular weight excluding hydrogens is 326 g/mol. The first kappa shape index (κ1) is 16.5. The molecule has 0 aliphatic heterocycles. The summed E-state index contributed by atoms with van der Waals surface area (Å²) in [6, 6.07) is 5.39. The van der Waals surface area contributed by atoms with Crippen molar-refractivity contribution in [3.05, 3.63) is 28.2 Å². The fourth-order valence-corrected chi connectivity index (χ4v) is 2.07. The number of thiol groups is 1. The third-order valence-corrected chi connectivity index (χ3v) is 3.54. The van der Waals surface area contributed by atoms with Crippen LogP contribution >= 0.6 is 28.6 Å². The average molecular weight is 346 g/mol. The molecule has 1 aromatic rings. The Morgan fingerprint density at radius 3 is 2.84 bits per heavy atom. The van der Waals surface area contributed by atoms with E-state index in [-0.39, 0.29) is 5.91 Å². The second-order valence-electron chi connectivity index (χ2n) is 4.71. The normalized spacial score (nSPS) is 10.8. The van der Waals surface area contributed by atoms with Gasteiger partial charge in [-0.15, -0.1) is 12.6 Å². The molecule has 1 rings (SSSR count). The molecule has 0 bridgehead atoms. The highest BCUT2D eigenvalue weighted by Crippen LogP contribution is 2.19. The monoisotopic (exact) mass is 345 g/mol. The summed E-state index contributed by atoms with van der Waals surface area (Å²) in [5.74, 6) is 0.527. The maximum Gasteiger partial charge on any atom is 0.252 e. The first-order valence-corrected chi connectivity index (χ1v) is 7.59. The lowest BCUT2D eigenvalue weighted by atomic mass is 10.1. The molecule has 0 atom stereocenters. The molecule has 0 heterocycles. The number of carbonyl (C=O) groups excluding carboxylic acids is 1. The Hall–Kier alpha value is -0.520. The van der Waals surface area contributed by atoms with Crippen LogP contribution in [0.15, 0.2) is 27.6 Å². The number of hydrogen-bond acceptors (Lipinski definition) is 3. The Labute approximate surface area is 128 Å². The van der Waals surface area contributed by atoms with Crippen LogP contribution in [0, 0.1) is 5.92 Å². The average Bonchev–Trinajstić information content (AvgIpc) is 2.36. The third-order valence-electron chi connectivity index (χ3n) is 2.57. The minimum atomic E-state index is -0.116. The van der Waals surface area contributed by atoms with Gasteiger partial charge in [-0.05, 0) is 46.5 Å². The Morgan fingerprint density at radius 1 is 1.42 bits per heavy atom. The highest BCUT2D eigenvalue weighted by Gasteiger charge is 2.09. The van der Waals surface area contributed by atoms with Crippen molar-refractivity contribution >= 4 is 34.5 Å². The zero-order valence-corrected chi connectivity index (χ0v) is 13.8. The van der Waals surface area contributed by atoms with E-state index in [1.165, 1.54) is 0 Å². The second-order valence-corrected chi connectivity index (χ2v) is 6.09. The van der Waals surface area contributed by atoms with Crippen molar-refractivity contribution in [3.63, 3.8) is 0 Å². The highest BCUT2D eigenvalue weighted by molar-refractivity contribution is 9.10. The Bertz CT molecular complexity index is 424. The lowest BCUT2D eigenvalue weighted by Crippen LogP contribution is -2.27. The van der Waals surface area contributed by atoms with Crippen molar-refractivity contribution in [1.29, 1.82) is 0 Å². The predicted octanol–water partition coefficient (Wildman–Crippen LogP) is 3.53. The first-order chi connectivity index (χ1) is 9.00. The van der Waals surface area contributed by atoms with Crippen LogP contribution in [0.1, 0.15) is 30.6 Å². The smallest absolute Gasteiger partial charge is 0.252 e. The molecule has 0 spiro atoms. The minimum Gasteiger partial charge on any atom is -0.380 e. The number of hydrogen-bond donors (Lipinski definition) is 2. The standard InChI is InChI=1S/C14H20BrNO2S/c1-10(2)5-7-18-8-6-16-14(17)12-9-11(19)3-4-13(12)15/h3-4,9-10,19H,5-8H2,1-2H3,(H,16,17). The van der Waals surface area contributed by atoms with Crippen LogP contribution in [-0.4, -0.2) is 25.7 Å². The van der Waals surface area contributed by atoms with Gasteiger partial charge in [-0.25, -0.2) is 0 Å². The Morgan fingerprint density at radius 2 is 2.16 bits per heavy atom. The lowest BCUT2D eigenvalue weighted by Gasteiger charge is -2.09. The number of carbonyl (C=O) groups is 1. The zero-order valence-electron chi connectivity index (χ0n) is 11.3. The van der Waals surface area contributed by atoms with E-state index < -0.39 is 0 Å². The van der Waals surface area contributed by atoms with Crippen LogP contribution < -0.4 is 5.32 Å². The molecule has 0 aliphatic rings. The maximum absolute atomic E-state index is 11.9. The van der Waals surface area contributed by atoms with Crippen LogP contribution in [0.5, 0.6) is 0 Å². The molecular formula is C14H20BrNO2S. The van der Waals surface area contributed by atoms with Gasteiger partial charge in [0.2, 0.25) is 0 Å². The summed E-state index contributed by atoms with van der Waals surface area (Å²) in [4.78, 5) is 12.7. The Balaban J connectivity index is 2.29. The van der Waals surface area contributed by atoms with E-state index in [1.807, 2.05) is 12.1 Å². The van der Waals surface area contributed by atoms with Crippen LogP contribution in [0.2, 0.25) is 0 Å². The number of ether oxygens (including phenoxy) is 1. The van der Waals surface area contributed by atoms with E-state index in [9.17, 15) is 4.79 Å². The van der Waals surface area contributed by atoms with Crippen molar-refractivity contribution in [1.82, 2.24) is 5.32 Å². The number of halogens is 1. The SMILES string of the molecule is CC(C)CCOCCNC(=O)c1cc(S)ccc1Br. The van der Waals surface area contributed by atoms with Gasteiger partial charge in [-0.2, -0.15) is 0 Å². The van der Waals surface area contributed by atoms with Gasteiger partial charge in [0.25, 0.3) is 5.91 Å². The summed E-state index contributed by atoms with van der Waals surface area (Å²) in [5.41, 5.74) is 0.592. The van der Waals surface area contributed by atoms with Gasteiger partial charge < -0.3 is 10.1 Å². The van der Waals surface area contributed by atoms with Crippen molar-refractivity contribution in [3.8, 4) is 0 Å². The summed E-state index contributed by atoms with van der Waals surface area (Å²) < 4.78 is 6.21. The molecule has 5 heteroatoms. The fraction of sp³-hybridized carbons (Fsp3) is 0.500. The third kappa shape index (κ3) is 6.45. The molecule has 0 fully saturated rings. The van der Waals surface area contributed by atoms with Crippen LogP contribution in [0.25, 0.3) is 0 Å². The minimum absolute atomic E-state index is 0.116. The van der Waals surface area contributed by atoms with E-state index >= 15 is 0 Å². The molecule has 0 saturated heterocycles. The molecule has 0 aliphatic carbocycles. The maximum atomic E-state index is 11.9. The van der Waals surface area contributed by atoms with Crippen molar-refractivity contribution in [2.75, 3.05) is 19.8 Å².